The van der Waals surface area contributed by atoms with E-state index in [2.05, 4.69) is 45.3 Å². The lowest BCUT2D eigenvalue weighted by molar-refractivity contribution is 0.233. The predicted octanol–water partition coefficient (Wildman–Crippen LogP) is 4.80. The third-order valence-corrected chi connectivity index (χ3v) is 5.00. The summed E-state index contributed by atoms with van der Waals surface area (Å²) in [5, 5.41) is 4.42. The van der Waals surface area contributed by atoms with Crippen LogP contribution in [0.3, 0.4) is 0 Å². The van der Waals surface area contributed by atoms with Crippen LogP contribution in [0.15, 0.2) is 12.1 Å². The lowest BCUT2D eigenvalue weighted by atomic mass is 9.76. The highest BCUT2D eigenvalue weighted by atomic mass is 35.5. The largest absolute Gasteiger partial charge is 0.313 e. The monoisotopic (exact) mass is 265 g/mol. The number of rotatable bonds is 3. The second kappa shape index (κ2) is 5.22. The second-order valence-corrected chi connectivity index (χ2v) is 6.45. The van der Waals surface area contributed by atoms with Crippen molar-refractivity contribution in [2.24, 2.45) is 5.41 Å². The summed E-state index contributed by atoms with van der Waals surface area (Å²) in [7, 11) is 2.08. The highest BCUT2D eigenvalue weighted by molar-refractivity contribution is 6.31. The van der Waals surface area contributed by atoms with E-state index in [0.29, 0.717) is 11.5 Å². The zero-order valence-electron chi connectivity index (χ0n) is 11.9. The smallest absolute Gasteiger partial charge is 0.0438 e. The molecule has 0 radical (unpaired) electrons. The van der Waals surface area contributed by atoms with Gasteiger partial charge in [-0.25, -0.2) is 0 Å². The Hall–Kier alpha value is -0.530. The van der Waals surface area contributed by atoms with Gasteiger partial charge in [-0.05, 0) is 61.9 Å². The summed E-state index contributed by atoms with van der Waals surface area (Å²) in [4.78, 5) is 0. The van der Waals surface area contributed by atoms with Gasteiger partial charge in [0.1, 0.15) is 0 Å². The summed E-state index contributed by atoms with van der Waals surface area (Å²) in [6, 6.07) is 4.81. The SMILES string of the molecule is CNC(c1cc(C)c(Cl)cc1C)C1(C)CCCC1. The van der Waals surface area contributed by atoms with Crippen molar-refractivity contribution in [2.45, 2.75) is 52.5 Å². The summed E-state index contributed by atoms with van der Waals surface area (Å²) in [5.74, 6) is 0. The molecule has 1 N–H and O–H groups in total. The van der Waals surface area contributed by atoms with Crippen LogP contribution in [0.1, 0.15) is 55.3 Å². The van der Waals surface area contributed by atoms with Crippen LogP contribution in [0.5, 0.6) is 0 Å². The molecule has 0 bridgehead atoms. The van der Waals surface area contributed by atoms with Crippen LogP contribution in [-0.4, -0.2) is 7.05 Å². The molecule has 0 saturated heterocycles. The van der Waals surface area contributed by atoms with Gasteiger partial charge in [0.25, 0.3) is 0 Å². The van der Waals surface area contributed by atoms with E-state index in [1.807, 2.05) is 0 Å². The third-order valence-electron chi connectivity index (χ3n) is 4.59. The van der Waals surface area contributed by atoms with Crippen LogP contribution in [0.4, 0.5) is 0 Å². The number of halogens is 1. The molecule has 100 valence electrons. The number of hydrogen-bond acceptors (Lipinski definition) is 1. The average Bonchev–Trinajstić information content (AvgIpc) is 2.74. The minimum Gasteiger partial charge on any atom is -0.313 e. The van der Waals surface area contributed by atoms with Gasteiger partial charge in [0, 0.05) is 11.1 Å². The minimum atomic E-state index is 0.389. The first-order valence-electron chi connectivity index (χ1n) is 6.92. The second-order valence-electron chi connectivity index (χ2n) is 6.04. The molecule has 1 atom stereocenters. The molecule has 1 aliphatic rings. The Kier molecular flexibility index (Phi) is 4.03. The van der Waals surface area contributed by atoms with E-state index in [9.17, 15) is 0 Å². The van der Waals surface area contributed by atoms with Crippen molar-refractivity contribution in [3.63, 3.8) is 0 Å². The molecule has 0 heterocycles. The molecule has 1 aromatic rings. The normalized spacial score (nSPS) is 20.1. The lowest BCUT2D eigenvalue weighted by Gasteiger charge is -2.35. The fourth-order valence-electron chi connectivity index (χ4n) is 3.47. The van der Waals surface area contributed by atoms with Gasteiger partial charge >= 0.3 is 0 Å². The van der Waals surface area contributed by atoms with Crippen LogP contribution in [-0.2, 0) is 0 Å². The Bertz CT molecular complexity index is 433. The molecule has 2 rings (SSSR count). The van der Waals surface area contributed by atoms with Crippen molar-refractivity contribution in [3.8, 4) is 0 Å². The van der Waals surface area contributed by atoms with Gasteiger partial charge in [0.2, 0.25) is 0 Å². The Morgan fingerprint density at radius 2 is 1.78 bits per heavy atom. The van der Waals surface area contributed by atoms with Gasteiger partial charge in [-0.15, -0.1) is 0 Å². The topological polar surface area (TPSA) is 12.0 Å². The van der Waals surface area contributed by atoms with Crippen LogP contribution in [0.25, 0.3) is 0 Å². The Morgan fingerprint density at radius 1 is 1.17 bits per heavy atom. The summed E-state index contributed by atoms with van der Waals surface area (Å²) < 4.78 is 0. The molecule has 0 spiro atoms. The molecule has 1 unspecified atom stereocenters. The zero-order chi connectivity index (χ0) is 13.3. The van der Waals surface area contributed by atoms with Crippen molar-refractivity contribution in [1.82, 2.24) is 5.32 Å². The van der Waals surface area contributed by atoms with E-state index in [1.165, 1.54) is 42.4 Å². The number of hydrogen-bond donors (Lipinski definition) is 1. The zero-order valence-corrected chi connectivity index (χ0v) is 12.7. The standard InChI is InChI=1S/C16H24ClN/c1-11-10-14(17)12(2)9-13(11)15(18-4)16(3)7-5-6-8-16/h9-10,15,18H,5-8H2,1-4H3. The maximum atomic E-state index is 6.21. The lowest BCUT2D eigenvalue weighted by Crippen LogP contribution is -2.32. The van der Waals surface area contributed by atoms with Gasteiger partial charge in [0.05, 0.1) is 0 Å². The predicted molar refractivity (Wildman–Crippen MR) is 79.3 cm³/mol. The van der Waals surface area contributed by atoms with Crippen LogP contribution in [0, 0.1) is 19.3 Å². The van der Waals surface area contributed by atoms with Gasteiger partial charge in [-0.3, -0.25) is 0 Å². The Labute approximate surface area is 116 Å². The molecule has 1 fully saturated rings. The molecule has 1 nitrogen and oxygen atoms in total. The molecular formula is C16H24ClN. The van der Waals surface area contributed by atoms with E-state index in [4.69, 9.17) is 11.6 Å². The maximum absolute atomic E-state index is 6.21. The quantitative estimate of drug-likeness (QED) is 0.828. The van der Waals surface area contributed by atoms with Gasteiger partial charge in [-0.2, -0.15) is 0 Å². The van der Waals surface area contributed by atoms with Crippen molar-refractivity contribution >= 4 is 11.6 Å². The summed E-state index contributed by atoms with van der Waals surface area (Å²) >= 11 is 6.21. The van der Waals surface area contributed by atoms with E-state index >= 15 is 0 Å². The summed E-state index contributed by atoms with van der Waals surface area (Å²) in [6.07, 6.45) is 5.36. The highest BCUT2D eigenvalue weighted by Crippen LogP contribution is 2.48. The number of nitrogens with one attached hydrogen (secondary N) is 1. The van der Waals surface area contributed by atoms with E-state index in [-0.39, 0.29) is 0 Å². The molecule has 0 aromatic heterocycles. The van der Waals surface area contributed by atoms with E-state index in [1.54, 1.807) is 0 Å². The van der Waals surface area contributed by atoms with Crippen LogP contribution >= 0.6 is 11.6 Å². The molecule has 0 aliphatic heterocycles. The first kappa shape index (κ1) is 13.9. The third kappa shape index (κ3) is 2.44. The molecule has 1 saturated carbocycles. The van der Waals surface area contributed by atoms with E-state index in [0.717, 1.165) is 5.02 Å². The van der Waals surface area contributed by atoms with Crippen molar-refractivity contribution in [2.75, 3.05) is 7.05 Å². The van der Waals surface area contributed by atoms with Crippen LogP contribution in [0.2, 0.25) is 5.02 Å². The fraction of sp³-hybridized carbons (Fsp3) is 0.625. The highest BCUT2D eigenvalue weighted by Gasteiger charge is 2.37. The van der Waals surface area contributed by atoms with Gasteiger partial charge in [0.15, 0.2) is 0 Å². The van der Waals surface area contributed by atoms with Crippen molar-refractivity contribution in [3.05, 3.63) is 33.8 Å². The van der Waals surface area contributed by atoms with Crippen molar-refractivity contribution in [1.29, 1.82) is 0 Å². The molecule has 1 aromatic carbocycles. The summed E-state index contributed by atoms with van der Waals surface area (Å²) in [5.41, 5.74) is 4.29. The summed E-state index contributed by atoms with van der Waals surface area (Å²) in [6.45, 7) is 6.68. The Morgan fingerprint density at radius 3 is 2.33 bits per heavy atom. The molecule has 2 heteroatoms. The van der Waals surface area contributed by atoms with Gasteiger partial charge in [-0.1, -0.05) is 37.4 Å². The Balaban J connectivity index is 2.41. The average molecular weight is 266 g/mol. The molecule has 18 heavy (non-hydrogen) atoms. The fourth-order valence-corrected chi connectivity index (χ4v) is 3.68. The van der Waals surface area contributed by atoms with Crippen molar-refractivity contribution < 1.29 is 0 Å². The maximum Gasteiger partial charge on any atom is 0.0438 e. The molecular weight excluding hydrogens is 242 g/mol. The number of aryl methyl sites for hydroxylation is 2. The molecule has 1 aliphatic carbocycles. The van der Waals surface area contributed by atoms with Crippen LogP contribution < -0.4 is 5.32 Å². The minimum absolute atomic E-state index is 0.389. The molecule has 0 amide bonds. The first-order valence-corrected chi connectivity index (χ1v) is 7.29. The first-order chi connectivity index (χ1) is 8.48. The van der Waals surface area contributed by atoms with Gasteiger partial charge < -0.3 is 5.32 Å². The number of benzene rings is 1. The van der Waals surface area contributed by atoms with E-state index < -0.39 is 0 Å².